The van der Waals surface area contributed by atoms with Gasteiger partial charge in [-0.3, -0.25) is 4.79 Å². The van der Waals surface area contributed by atoms with Crippen LogP contribution in [0.4, 0.5) is 0 Å². The van der Waals surface area contributed by atoms with Crippen molar-refractivity contribution in [3.63, 3.8) is 0 Å². The Hall–Kier alpha value is -1.30. The molecule has 1 aliphatic heterocycles. The summed E-state index contributed by atoms with van der Waals surface area (Å²) >= 11 is 11.9. The topological polar surface area (TPSA) is 55.8 Å². The number of carbonyl (C=O) groups is 2. The first-order valence-electron chi connectivity index (χ1n) is 6.93. The molecule has 1 aliphatic rings. The molecular weight excluding hydrogens is 329 g/mol. The highest BCUT2D eigenvalue weighted by Crippen LogP contribution is 2.25. The maximum atomic E-state index is 12.1. The zero-order valence-corrected chi connectivity index (χ0v) is 13.9. The Morgan fingerprint density at radius 2 is 1.77 bits per heavy atom. The molecule has 7 heteroatoms. The number of rotatable bonds is 3. The Kier molecular flexibility index (Phi) is 5.67. The fourth-order valence-electron chi connectivity index (χ4n) is 2.37. The van der Waals surface area contributed by atoms with Gasteiger partial charge in [-0.1, -0.05) is 29.3 Å². The van der Waals surface area contributed by atoms with E-state index in [1.165, 1.54) is 12.1 Å². The summed E-state index contributed by atoms with van der Waals surface area (Å²) in [5.41, 5.74) is 0.0716. The van der Waals surface area contributed by atoms with E-state index in [9.17, 15) is 9.59 Å². The number of ether oxygens (including phenoxy) is 2. The van der Waals surface area contributed by atoms with Gasteiger partial charge in [0.25, 0.3) is 5.91 Å². The van der Waals surface area contributed by atoms with Crippen LogP contribution in [-0.4, -0.2) is 48.7 Å². The Morgan fingerprint density at radius 3 is 2.32 bits per heavy atom. The Bertz CT molecular complexity index is 548. The molecule has 0 saturated carbocycles. The van der Waals surface area contributed by atoms with Gasteiger partial charge < -0.3 is 14.4 Å². The van der Waals surface area contributed by atoms with Gasteiger partial charge in [-0.15, -0.1) is 0 Å². The van der Waals surface area contributed by atoms with Crippen molar-refractivity contribution in [3.05, 3.63) is 33.8 Å². The van der Waals surface area contributed by atoms with E-state index in [4.69, 9.17) is 32.7 Å². The average molecular weight is 346 g/mol. The van der Waals surface area contributed by atoms with Gasteiger partial charge in [-0.25, -0.2) is 4.79 Å². The van der Waals surface area contributed by atoms with Gasteiger partial charge in [-0.2, -0.15) is 0 Å². The van der Waals surface area contributed by atoms with Crippen LogP contribution in [0.3, 0.4) is 0 Å². The largest absolute Gasteiger partial charge is 0.452 e. The Balaban J connectivity index is 1.95. The number of nitrogens with zero attached hydrogens (tertiary/aromatic N) is 1. The van der Waals surface area contributed by atoms with Crippen molar-refractivity contribution in [1.82, 2.24) is 4.90 Å². The molecule has 1 fully saturated rings. The zero-order chi connectivity index (χ0) is 16.3. The lowest BCUT2D eigenvalue weighted by molar-refractivity contribution is -0.146. The molecule has 22 heavy (non-hydrogen) atoms. The first kappa shape index (κ1) is 17.1. The second-order valence-corrected chi connectivity index (χ2v) is 6.04. The van der Waals surface area contributed by atoms with E-state index in [0.29, 0.717) is 13.1 Å². The molecule has 0 bridgehead atoms. The molecule has 0 radical (unpaired) electrons. The molecule has 0 unspecified atom stereocenters. The summed E-state index contributed by atoms with van der Waals surface area (Å²) in [5.74, 6) is -0.975. The second-order valence-electron chi connectivity index (χ2n) is 5.23. The van der Waals surface area contributed by atoms with Gasteiger partial charge in [0.15, 0.2) is 6.61 Å². The van der Waals surface area contributed by atoms with Crippen molar-refractivity contribution >= 4 is 35.1 Å². The predicted octanol–water partition coefficient (Wildman–Crippen LogP) is 2.79. The highest BCUT2D eigenvalue weighted by atomic mass is 35.5. The Morgan fingerprint density at radius 1 is 1.23 bits per heavy atom. The van der Waals surface area contributed by atoms with E-state index in [1.807, 2.05) is 13.8 Å². The first-order chi connectivity index (χ1) is 10.4. The normalized spacial score (nSPS) is 21.5. The molecule has 1 saturated heterocycles. The number of benzene rings is 1. The molecule has 1 heterocycles. The van der Waals surface area contributed by atoms with Crippen LogP contribution in [0, 0.1) is 0 Å². The third-order valence-electron chi connectivity index (χ3n) is 3.27. The molecule has 1 amide bonds. The van der Waals surface area contributed by atoms with Crippen LogP contribution >= 0.6 is 23.2 Å². The number of hydrogen-bond acceptors (Lipinski definition) is 4. The van der Waals surface area contributed by atoms with E-state index >= 15 is 0 Å². The molecule has 1 aromatic rings. The maximum Gasteiger partial charge on any atom is 0.341 e. The fourth-order valence-corrected chi connectivity index (χ4v) is 2.92. The quantitative estimate of drug-likeness (QED) is 0.790. The molecule has 2 atom stereocenters. The van der Waals surface area contributed by atoms with E-state index in [2.05, 4.69) is 0 Å². The minimum Gasteiger partial charge on any atom is -0.452 e. The second kappa shape index (κ2) is 7.31. The van der Waals surface area contributed by atoms with Gasteiger partial charge in [-0.05, 0) is 26.0 Å². The minimum atomic E-state index is -0.710. The standard InChI is InChI=1S/C15H17Cl2NO4/c1-9-6-18(7-10(2)22-9)13(19)8-21-15(20)14-11(16)4-3-5-12(14)17/h3-5,9-10H,6-8H2,1-2H3/t9-,10-/m1/s1. The number of morpholine rings is 1. The molecule has 0 aromatic heterocycles. The number of halogens is 2. The van der Waals surface area contributed by atoms with E-state index < -0.39 is 5.97 Å². The molecule has 1 aromatic carbocycles. The molecular formula is C15H17Cl2NO4. The highest BCUT2D eigenvalue weighted by Gasteiger charge is 2.27. The molecule has 0 N–H and O–H groups in total. The third kappa shape index (κ3) is 4.12. The van der Waals surface area contributed by atoms with Gasteiger partial charge in [0.1, 0.15) is 0 Å². The lowest BCUT2D eigenvalue weighted by atomic mass is 10.2. The molecule has 2 rings (SSSR count). The summed E-state index contributed by atoms with van der Waals surface area (Å²) in [6, 6.07) is 4.71. The van der Waals surface area contributed by atoms with Crippen molar-refractivity contribution in [2.45, 2.75) is 26.1 Å². The summed E-state index contributed by atoms with van der Waals surface area (Å²) in [7, 11) is 0. The maximum absolute atomic E-state index is 12.1. The lowest BCUT2D eigenvalue weighted by Crippen LogP contribution is -2.49. The van der Waals surface area contributed by atoms with E-state index in [-0.39, 0.29) is 40.3 Å². The summed E-state index contributed by atoms with van der Waals surface area (Å²) in [6.07, 6.45) is -0.0807. The van der Waals surface area contributed by atoms with Crippen molar-refractivity contribution in [2.75, 3.05) is 19.7 Å². The van der Waals surface area contributed by atoms with Gasteiger partial charge in [0.2, 0.25) is 0 Å². The molecule has 5 nitrogen and oxygen atoms in total. The average Bonchev–Trinajstić information content (AvgIpc) is 2.43. The smallest absolute Gasteiger partial charge is 0.341 e. The molecule has 0 spiro atoms. The van der Waals surface area contributed by atoms with E-state index in [1.54, 1.807) is 11.0 Å². The third-order valence-corrected chi connectivity index (χ3v) is 3.90. The van der Waals surface area contributed by atoms with Crippen LogP contribution < -0.4 is 0 Å². The lowest BCUT2D eigenvalue weighted by Gasteiger charge is -2.35. The van der Waals surface area contributed by atoms with Crippen LogP contribution in [0.1, 0.15) is 24.2 Å². The van der Waals surface area contributed by atoms with Crippen molar-refractivity contribution in [3.8, 4) is 0 Å². The summed E-state index contributed by atoms with van der Waals surface area (Å²) in [6.45, 7) is 4.40. The van der Waals surface area contributed by atoms with Gasteiger partial charge >= 0.3 is 5.97 Å². The fraction of sp³-hybridized carbons (Fsp3) is 0.467. The monoisotopic (exact) mass is 345 g/mol. The van der Waals surface area contributed by atoms with Crippen molar-refractivity contribution in [2.24, 2.45) is 0 Å². The van der Waals surface area contributed by atoms with Crippen LogP contribution in [0.25, 0.3) is 0 Å². The first-order valence-corrected chi connectivity index (χ1v) is 7.68. The van der Waals surface area contributed by atoms with Crippen molar-refractivity contribution < 1.29 is 19.1 Å². The van der Waals surface area contributed by atoms with Gasteiger partial charge in [0, 0.05) is 13.1 Å². The SMILES string of the molecule is C[C@@H]1CN(C(=O)COC(=O)c2c(Cl)cccc2Cl)C[C@@H](C)O1. The van der Waals surface area contributed by atoms with Crippen LogP contribution in [-0.2, 0) is 14.3 Å². The summed E-state index contributed by atoms with van der Waals surface area (Å²) in [4.78, 5) is 25.8. The summed E-state index contributed by atoms with van der Waals surface area (Å²) < 4.78 is 10.6. The molecule has 0 aliphatic carbocycles. The number of amides is 1. The number of hydrogen-bond donors (Lipinski definition) is 0. The zero-order valence-electron chi connectivity index (χ0n) is 12.3. The predicted molar refractivity (Wildman–Crippen MR) is 83.3 cm³/mol. The van der Waals surface area contributed by atoms with Crippen LogP contribution in [0.5, 0.6) is 0 Å². The Labute approximate surface area is 139 Å². The highest BCUT2D eigenvalue weighted by molar-refractivity contribution is 6.39. The number of esters is 1. The van der Waals surface area contributed by atoms with Crippen LogP contribution in [0.15, 0.2) is 18.2 Å². The van der Waals surface area contributed by atoms with Gasteiger partial charge in [0.05, 0.1) is 27.8 Å². The minimum absolute atomic E-state index is 0.0404. The van der Waals surface area contributed by atoms with E-state index in [0.717, 1.165) is 0 Å². The summed E-state index contributed by atoms with van der Waals surface area (Å²) in [5, 5.41) is 0.386. The number of carbonyl (C=O) groups excluding carboxylic acids is 2. The van der Waals surface area contributed by atoms with Crippen molar-refractivity contribution in [1.29, 1.82) is 0 Å². The molecule has 120 valence electrons. The van der Waals surface area contributed by atoms with Crippen LogP contribution in [0.2, 0.25) is 10.0 Å².